The lowest BCUT2D eigenvalue weighted by Crippen LogP contribution is -2.57. The Bertz CT molecular complexity index is 619. The van der Waals surface area contributed by atoms with Gasteiger partial charge in [-0.1, -0.05) is 6.07 Å². The number of carbonyl (C=O) groups is 2. The van der Waals surface area contributed by atoms with E-state index in [4.69, 9.17) is 0 Å². The Labute approximate surface area is 134 Å². The minimum absolute atomic E-state index is 0.0633. The van der Waals surface area contributed by atoms with Gasteiger partial charge < -0.3 is 15.5 Å². The molecule has 2 rings (SSSR count). The average Bonchev–Trinajstić information content (AvgIpc) is 2.54. The Morgan fingerprint density at radius 2 is 2.22 bits per heavy atom. The third-order valence-electron chi connectivity index (χ3n) is 3.82. The first kappa shape index (κ1) is 16.9. The first-order valence-corrected chi connectivity index (χ1v) is 7.46. The number of nitrogens with one attached hydrogen (secondary N) is 2. The predicted molar refractivity (Wildman–Crippen MR) is 84.1 cm³/mol. The predicted octanol–water partition coefficient (Wildman–Crippen LogP) is 0.533. The van der Waals surface area contributed by atoms with Gasteiger partial charge in [-0.3, -0.25) is 19.7 Å². The molecular formula is C15H20N4O4. The number of amides is 2. The zero-order valence-corrected chi connectivity index (χ0v) is 13.1. The summed E-state index contributed by atoms with van der Waals surface area (Å²) in [6, 6.07) is 4.80. The fourth-order valence-electron chi connectivity index (χ4n) is 2.52. The van der Waals surface area contributed by atoms with E-state index in [0.717, 1.165) is 13.1 Å². The van der Waals surface area contributed by atoms with Crippen molar-refractivity contribution < 1.29 is 14.5 Å². The van der Waals surface area contributed by atoms with E-state index < -0.39 is 16.9 Å². The quantitative estimate of drug-likeness (QED) is 0.622. The summed E-state index contributed by atoms with van der Waals surface area (Å²) in [6.45, 7) is 5.60. The summed E-state index contributed by atoms with van der Waals surface area (Å²) in [5.74, 6) is -0.657. The highest BCUT2D eigenvalue weighted by Crippen LogP contribution is 2.13. The number of hydrogen-bond donors (Lipinski definition) is 2. The summed E-state index contributed by atoms with van der Waals surface area (Å²) in [5.41, 5.74) is -0.000402. The Morgan fingerprint density at radius 1 is 1.48 bits per heavy atom. The molecule has 0 aliphatic carbocycles. The van der Waals surface area contributed by atoms with Crippen molar-refractivity contribution in [3.05, 3.63) is 39.9 Å². The maximum absolute atomic E-state index is 12.4. The number of nitro groups is 1. The van der Waals surface area contributed by atoms with E-state index in [9.17, 15) is 19.7 Å². The number of benzene rings is 1. The molecule has 1 aliphatic heterocycles. The first-order valence-electron chi connectivity index (χ1n) is 7.46. The molecule has 1 unspecified atom stereocenters. The molecular weight excluding hydrogens is 300 g/mol. The standard InChI is InChI=1S/C15H20N4O4/c1-10-9-16-6-7-18(10)15(21)11(2)17-14(20)12-4-3-5-13(8-12)19(22)23/h3-5,8,10-11,16H,6-7,9H2,1-2H3,(H,17,20)/t10-,11?/m1/s1. The molecule has 2 atom stereocenters. The highest BCUT2D eigenvalue weighted by Gasteiger charge is 2.28. The van der Waals surface area contributed by atoms with Crippen LogP contribution in [0.2, 0.25) is 0 Å². The van der Waals surface area contributed by atoms with E-state index in [1.807, 2.05) is 6.92 Å². The number of hydrogen-bond acceptors (Lipinski definition) is 5. The molecule has 0 saturated carbocycles. The van der Waals surface area contributed by atoms with Crippen LogP contribution in [0.4, 0.5) is 5.69 Å². The molecule has 0 spiro atoms. The van der Waals surface area contributed by atoms with E-state index in [1.54, 1.807) is 11.8 Å². The number of rotatable bonds is 4. The van der Waals surface area contributed by atoms with Gasteiger partial charge in [-0.2, -0.15) is 0 Å². The number of carbonyl (C=O) groups excluding carboxylic acids is 2. The Balaban J connectivity index is 2.03. The smallest absolute Gasteiger partial charge is 0.270 e. The molecule has 0 bridgehead atoms. The fourth-order valence-corrected chi connectivity index (χ4v) is 2.52. The van der Waals surface area contributed by atoms with Gasteiger partial charge in [0.05, 0.1) is 4.92 Å². The molecule has 124 valence electrons. The largest absolute Gasteiger partial charge is 0.341 e. The first-order chi connectivity index (χ1) is 10.9. The Kier molecular flexibility index (Phi) is 5.28. The van der Waals surface area contributed by atoms with Crippen LogP contribution >= 0.6 is 0 Å². The van der Waals surface area contributed by atoms with E-state index in [2.05, 4.69) is 10.6 Å². The second-order valence-corrected chi connectivity index (χ2v) is 5.59. The van der Waals surface area contributed by atoms with Gasteiger partial charge in [-0.05, 0) is 19.9 Å². The van der Waals surface area contributed by atoms with Crippen LogP contribution in [-0.2, 0) is 4.79 Å². The van der Waals surface area contributed by atoms with Gasteiger partial charge in [0, 0.05) is 43.4 Å². The van der Waals surface area contributed by atoms with Gasteiger partial charge in [-0.25, -0.2) is 0 Å². The Morgan fingerprint density at radius 3 is 2.87 bits per heavy atom. The SMILES string of the molecule is CC(NC(=O)c1cccc([N+](=O)[O-])c1)C(=O)N1CCNC[C@H]1C. The van der Waals surface area contributed by atoms with Gasteiger partial charge in [0.1, 0.15) is 6.04 Å². The minimum Gasteiger partial charge on any atom is -0.341 e. The summed E-state index contributed by atoms with van der Waals surface area (Å²) >= 11 is 0. The normalized spacial score (nSPS) is 19.0. The van der Waals surface area contributed by atoms with Crippen LogP contribution in [0.3, 0.4) is 0 Å². The second kappa shape index (κ2) is 7.19. The molecule has 1 aromatic carbocycles. The van der Waals surface area contributed by atoms with Crippen molar-refractivity contribution in [1.82, 2.24) is 15.5 Å². The highest BCUT2D eigenvalue weighted by atomic mass is 16.6. The lowest BCUT2D eigenvalue weighted by molar-refractivity contribution is -0.384. The van der Waals surface area contributed by atoms with E-state index >= 15 is 0 Å². The average molecular weight is 320 g/mol. The van der Waals surface area contributed by atoms with Gasteiger partial charge in [0.2, 0.25) is 5.91 Å². The minimum atomic E-state index is -0.692. The van der Waals surface area contributed by atoms with Crippen molar-refractivity contribution in [2.24, 2.45) is 0 Å². The maximum Gasteiger partial charge on any atom is 0.270 e. The van der Waals surface area contributed by atoms with Gasteiger partial charge >= 0.3 is 0 Å². The molecule has 1 fully saturated rings. The topological polar surface area (TPSA) is 105 Å². The van der Waals surface area contributed by atoms with Crippen LogP contribution in [-0.4, -0.2) is 53.4 Å². The summed E-state index contributed by atoms with van der Waals surface area (Å²) in [4.78, 5) is 36.5. The van der Waals surface area contributed by atoms with Crippen molar-refractivity contribution in [1.29, 1.82) is 0 Å². The van der Waals surface area contributed by atoms with Gasteiger partial charge in [0.15, 0.2) is 0 Å². The maximum atomic E-state index is 12.4. The van der Waals surface area contributed by atoms with Crippen molar-refractivity contribution in [3.63, 3.8) is 0 Å². The van der Waals surface area contributed by atoms with Crippen LogP contribution in [0.5, 0.6) is 0 Å². The van der Waals surface area contributed by atoms with E-state index in [0.29, 0.717) is 6.54 Å². The molecule has 0 radical (unpaired) electrons. The van der Waals surface area contributed by atoms with E-state index in [1.165, 1.54) is 24.3 Å². The summed E-state index contributed by atoms with van der Waals surface area (Å²) < 4.78 is 0. The van der Waals surface area contributed by atoms with Gasteiger partial charge in [0.25, 0.3) is 11.6 Å². The molecule has 1 heterocycles. The Hall–Kier alpha value is -2.48. The summed E-state index contributed by atoms with van der Waals surface area (Å²) in [5, 5.41) is 16.6. The lowest BCUT2D eigenvalue weighted by atomic mass is 10.1. The van der Waals surface area contributed by atoms with Crippen molar-refractivity contribution in [3.8, 4) is 0 Å². The molecule has 23 heavy (non-hydrogen) atoms. The van der Waals surface area contributed by atoms with Crippen LogP contribution in [0, 0.1) is 10.1 Å². The summed E-state index contributed by atoms with van der Waals surface area (Å²) in [7, 11) is 0. The lowest BCUT2D eigenvalue weighted by Gasteiger charge is -2.35. The van der Waals surface area contributed by atoms with Crippen molar-refractivity contribution in [2.45, 2.75) is 25.9 Å². The summed E-state index contributed by atoms with van der Waals surface area (Å²) in [6.07, 6.45) is 0. The zero-order chi connectivity index (χ0) is 17.0. The fraction of sp³-hybridized carbons (Fsp3) is 0.467. The van der Waals surface area contributed by atoms with Crippen LogP contribution in [0.15, 0.2) is 24.3 Å². The number of piperazine rings is 1. The van der Waals surface area contributed by atoms with E-state index in [-0.39, 0.29) is 23.2 Å². The van der Waals surface area contributed by atoms with Crippen molar-refractivity contribution >= 4 is 17.5 Å². The molecule has 8 heteroatoms. The number of nitrogens with zero attached hydrogens (tertiary/aromatic N) is 2. The molecule has 1 aromatic rings. The molecule has 1 saturated heterocycles. The van der Waals surface area contributed by atoms with Crippen LogP contribution < -0.4 is 10.6 Å². The third-order valence-corrected chi connectivity index (χ3v) is 3.82. The molecule has 8 nitrogen and oxygen atoms in total. The number of non-ortho nitro benzene ring substituents is 1. The highest BCUT2D eigenvalue weighted by molar-refractivity contribution is 5.97. The molecule has 0 aromatic heterocycles. The van der Waals surface area contributed by atoms with Crippen LogP contribution in [0.1, 0.15) is 24.2 Å². The van der Waals surface area contributed by atoms with Gasteiger partial charge in [-0.15, -0.1) is 0 Å². The molecule has 2 N–H and O–H groups in total. The zero-order valence-electron chi connectivity index (χ0n) is 13.1. The molecule has 1 aliphatic rings. The monoisotopic (exact) mass is 320 g/mol. The second-order valence-electron chi connectivity index (χ2n) is 5.59. The molecule has 2 amide bonds. The van der Waals surface area contributed by atoms with Crippen molar-refractivity contribution in [2.75, 3.05) is 19.6 Å². The third kappa shape index (κ3) is 4.04. The number of nitro benzene ring substituents is 1. The van der Waals surface area contributed by atoms with Crippen LogP contribution in [0.25, 0.3) is 0 Å².